The lowest BCUT2D eigenvalue weighted by molar-refractivity contribution is -0.129. The number of hydrogen-bond acceptors (Lipinski definition) is 6. The maximum absolute atomic E-state index is 13.0. The number of carbonyl (C=O) groups excluding carboxylic acids is 1. The van der Waals surface area contributed by atoms with Crippen molar-refractivity contribution >= 4 is 33.6 Å². The molecule has 1 aromatic heterocycles. The molecule has 0 N–H and O–H groups in total. The Bertz CT molecular complexity index is 1290. The van der Waals surface area contributed by atoms with Crippen LogP contribution < -0.4 is 15.0 Å². The van der Waals surface area contributed by atoms with Gasteiger partial charge in [-0.15, -0.1) is 0 Å². The summed E-state index contributed by atoms with van der Waals surface area (Å²) in [6.07, 6.45) is 3.47. The third-order valence-corrected chi connectivity index (χ3v) is 8.11. The number of aromatic nitrogens is 2. The van der Waals surface area contributed by atoms with E-state index in [0.717, 1.165) is 51.9 Å². The number of amides is 1. The summed E-state index contributed by atoms with van der Waals surface area (Å²) < 4.78 is 13.3. The Morgan fingerprint density at radius 3 is 2.42 bits per heavy atom. The minimum Gasteiger partial charge on any atom is -0.493 e. The molecule has 1 amide bonds. The number of halogens is 1. The molecule has 0 saturated heterocycles. The lowest BCUT2D eigenvalue weighted by Crippen LogP contribution is -2.28. The second kappa shape index (κ2) is 14.4. The van der Waals surface area contributed by atoms with Crippen molar-refractivity contribution < 1.29 is 14.3 Å². The van der Waals surface area contributed by atoms with Gasteiger partial charge >= 0.3 is 0 Å². The summed E-state index contributed by atoms with van der Waals surface area (Å²) in [7, 11) is 6.85. The molecule has 38 heavy (non-hydrogen) atoms. The van der Waals surface area contributed by atoms with Gasteiger partial charge in [-0.1, -0.05) is 45.9 Å². The molecule has 0 aliphatic carbocycles. The van der Waals surface area contributed by atoms with Crippen molar-refractivity contribution in [3.63, 3.8) is 0 Å². The molecular weight excluding hydrogens is 566 g/mol. The van der Waals surface area contributed by atoms with Crippen LogP contribution in [-0.2, 0) is 24.7 Å². The molecule has 0 bridgehead atoms. The molecule has 9 heteroatoms. The third kappa shape index (κ3) is 8.11. The van der Waals surface area contributed by atoms with Crippen LogP contribution in [0.15, 0.2) is 56.9 Å². The summed E-state index contributed by atoms with van der Waals surface area (Å²) in [5.41, 5.74) is 3.66. The molecule has 1 heterocycles. The van der Waals surface area contributed by atoms with E-state index >= 15 is 0 Å². The van der Waals surface area contributed by atoms with Gasteiger partial charge in [0.05, 0.1) is 14.2 Å². The molecule has 0 spiro atoms. The summed E-state index contributed by atoms with van der Waals surface area (Å²) in [5, 5.41) is 0.713. The number of ether oxygens (including phenoxy) is 2. The standard InChI is InChI=1S/C29H36BrN3O4S/c1-20-24(18-21-9-12-23(30)13-10-21)28(35)33(3)29(31-20)38-17-7-6-8-27(34)32(2)16-15-22-11-14-25(36-4)26(19-22)37-5/h9-14,19H,6-8,15-18H2,1-5H3. The number of unbranched alkanes of at least 4 members (excludes halogenated alkanes) is 1. The Balaban J connectivity index is 1.44. The second-order valence-corrected chi connectivity index (χ2v) is 11.2. The van der Waals surface area contributed by atoms with Gasteiger partial charge in [0.25, 0.3) is 5.56 Å². The van der Waals surface area contributed by atoms with Gasteiger partial charge in [-0.25, -0.2) is 4.98 Å². The molecule has 3 rings (SSSR count). The van der Waals surface area contributed by atoms with Crippen LogP contribution in [0.1, 0.15) is 41.6 Å². The van der Waals surface area contributed by atoms with Crippen molar-refractivity contribution in [2.75, 3.05) is 33.6 Å². The minimum atomic E-state index is -0.00537. The molecule has 0 atom stereocenters. The molecule has 7 nitrogen and oxygen atoms in total. The molecule has 0 saturated carbocycles. The number of aryl methyl sites for hydroxylation is 1. The van der Waals surface area contributed by atoms with E-state index in [1.165, 1.54) is 0 Å². The monoisotopic (exact) mass is 601 g/mol. The van der Waals surface area contributed by atoms with Gasteiger partial charge in [0, 0.05) is 55.0 Å². The van der Waals surface area contributed by atoms with Crippen molar-refractivity contribution in [2.24, 2.45) is 7.05 Å². The molecule has 204 valence electrons. The van der Waals surface area contributed by atoms with E-state index in [9.17, 15) is 9.59 Å². The average molecular weight is 603 g/mol. The van der Waals surface area contributed by atoms with Crippen LogP contribution in [0.4, 0.5) is 0 Å². The highest BCUT2D eigenvalue weighted by atomic mass is 79.9. The first-order valence-corrected chi connectivity index (χ1v) is 14.4. The number of rotatable bonds is 13. The first-order chi connectivity index (χ1) is 18.2. The molecule has 2 aromatic carbocycles. The fraction of sp³-hybridized carbons (Fsp3) is 0.414. The number of nitrogens with zero attached hydrogens (tertiary/aromatic N) is 3. The van der Waals surface area contributed by atoms with E-state index in [1.807, 2.05) is 56.4 Å². The Hall–Kier alpha value is -2.78. The Morgan fingerprint density at radius 1 is 1.05 bits per heavy atom. The smallest absolute Gasteiger partial charge is 0.257 e. The molecule has 0 radical (unpaired) electrons. The van der Waals surface area contributed by atoms with Crippen LogP contribution in [0, 0.1) is 6.92 Å². The molecule has 3 aromatic rings. The van der Waals surface area contributed by atoms with Gasteiger partial charge in [0.2, 0.25) is 5.91 Å². The molecule has 0 fully saturated rings. The van der Waals surface area contributed by atoms with Crippen LogP contribution in [0.3, 0.4) is 0 Å². The van der Waals surface area contributed by atoms with E-state index in [4.69, 9.17) is 14.5 Å². The van der Waals surface area contributed by atoms with E-state index in [0.29, 0.717) is 36.0 Å². The maximum atomic E-state index is 13.0. The molecule has 0 aliphatic heterocycles. The van der Waals surface area contributed by atoms with Crippen LogP contribution in [-0.4, -0.2) is 53.9 Å². The summed E-state index contributed by atoms with van der Waals surface area (Å²) in [6, 6.07) is 13.8. The number of hydrogen-bond donors (Lipinski definition) is 0. The topological polar surface area (TPSA) is 73.7 Å². The Morgan fingerprint density at radius 2 is 1.74 bits per heavy atom. The largest absolute Gasteiger partial charge is 0.493 e. The number of thioether (sulfide) groups is 1. The third-order valence-electron chi connectivity index (χ3n) is 6.47. The number of likely N-dealkylation sites (N-methyl/N-ethyl adjacent to an activating group) is 1. The summed E-state index contributed by atoms with van der Waals surface area (Å²) in [5.74, 6) is 2.32. The van der Waals surface area contributed by atoms with E-state index in [2.05, 4.69) is 15.9 Å². The molecular formula is C29H36BrN3O4S. The number of benzene rings is 2. The van der Waals surface area contributed by atoms with Gasteiger partial charge in [0.1, 0.15) is 0 Å². The van der Waals surface area contributed by atoms with Crippen molar-refractivity contribution in [1.82, 2.24) is 14.5 Å². The SMILES string of the molecule is COc1ccc(CCN(C)C(=O)CCCCSc2nc(C)c(Cc3ccc(Br)cc3)c(=O)n2C)cc1OC. The van der Waals surface area contributed by atoms with E-state index in [1.54, 1.807) is 42.5 Å². The quantitative estimate of drug-likeness (QED) is 0.148. The zero-order valence-electron chi connectivity index (χ0n) is 22.8. The summed E-state index contributed by atoms with van der Waals surface area (Å²) in [6.45, 7) is 2.54. The minimum absolute atomic E-state index is 0.00537. The summed E-state index contributed by atoms with van der Waals surface area (Å²) >= 11 is 5.01. The highest BCUT2D eigenvalue weighted by molar-refractivity contribution is 9.10. The highest BCUT2D eigenvalue weighted by Gasteiger charge is 2.14. The lowest BCUT2D eigenvalue weighted by Gasteiger charge is -2.18. The summed E-state index contributed by atoms with van der Waals surface area (Å²) in [4.78, 5) is 32.1. The van der Waals surface area contributed by atoms with Crippen molar-refractivity contribution in [1.29, 1.82) is 0 Å². The average Bonchev–Trinajstić information content (AvgIpc) is 2.92. The highest BCUT2D eigenvalue weighted by Crippen LogP contribution is 2.27. The second-order valence-electron chi connectivity index (χ2n) is 9.19. The Kier molecular flexibility index (Phi) is 11.3. The Labute approximate surface area is 237 Å². The van der Waals surface area contributed by atoms with Gasteiger partial charge in [-0.2, -0.15) is 0 Å². The van der Waals surface area contributed by atoms with Crippen LogP contribution in [0.5, 0.6) is 11.5 Å². The zero-order chi connectivity index (χ0) is 27.7. The van der Waals surface area contributed by atoms with Crippen molar-refractivity contribution in [2.45, 2.75) is 44.2 Å². The van der Waals surface area contributed by atoms with Crippen molar-refractivity contribution in [3.8, 4) is 11.5 Å². The predicted octanol–water partition coefficient (Wildman–Crippen LogP) is 5.42. The zero-order valence-corrected chi connectivity index (χ0v) is 25.2. The van der Waals surface area contributed by atoms with E-state index in [-0.39, 0.29) is 11.5 Å². The van der Waals surface area contributed by atoms with Crippen LogP contribution in [0.2, 0.25) is 0 Å². The fourth-order valence-corrected chi connectivity index (χ4v) is 5.33. The van der Waals surface area contributed by atoms with Gasteiger partial charge in [-0.05, 0) is 61.6 Å². The first-order valence-electron chi connectivity index (χ1n) is 12.6. The fourth-order valence-electron chi connectivity index (χ4n) is 4.06. The first kappa shape index (κ1) is 29.8. The molecule has 0 aliphatic rings. The van der Waals surface area contributed by atoms with Crippen molar-refractivity contribution in [3.05, 3.63) is 79.7 Å². The molecule has 0 unspecified atom stereocenters. The van der Waals surface area contributed by atoms with Gasteiger partial charge < -0.3 is 14.4 Å². The van der Waals surface area contributed by atoms with E-state index < -0.39 is 0 Å². The normalized spacial score (nSPS) is 10.9. The predicted molar refractivity (Wildman–Crippen MR) is 157 cm³/mol. The number of carbonyl (C=O) groups is 1. The van der Waals surface area contributed by atoms with Crippen LogP contribution >= 0.6 is 27.7 Å². The van der Waals surface area contributed by atoms with Gasteiger partial charge in [0.15, 0.2) is 16.7 Å². The maximum Gasteiger partial charge on any atom is 0.257 e. The number of methoxy groups -OCH3 is 2. The lowest BCUT2D eigenvalue weighted by atomic mass is 10.1. The van der Waals surface area contributed by atoms with Gasteiger partial charge in [-0.3, -0.25) is 14.2 Å². The van der Waals surface area contributed by atoms with Crippen LogP contribution in [0.25, 0.3) is 0 Å².